The minimum atomic E-state index is 0. The Kier molecular flexibility index (Phi) is 12.2. The minimum Gasteiger partial charge on any atom is -0.493 e. The summed E-state index contributed by atoms with van der Waals surface area (Å²) in [6, 6.07) is 6.14. The third kappa shape index (κ3) is 8.12. The van der Waals surface area contributed by atoms with E-state index >= 15 is 0 Å². The summed E-state index contributed by atoms with van der Waals surface area (Å²) in [4.78, 5) is 12.9. The number of nitrogens with one attached hydrogen (secondary N) is 2. The number of hydrogen-bond donors (Lipinski definition) is 2. The minimum absolute atomic E-state index is 0. The van der Waals surface area contributed by atoms with Gasteiger partial charge in [-0.25, -0.2) is 4.98 Å². The van der Waals surface area contributed by atoms with Crippen molar-refractivity contribution in [2.75, 3.05) is 47.9 Å². The number of hydrogen-bond acceptors (Lipinski definition) is 6. The molecule has 9 heteroatoms. The van der Waals surface area contributed by atoms with Crippen molar-refractivity contribution < 1.29 is 9.47 Å². The number of thiazole rings is 1. The predicted octanol–water partition coefficient (Wildman–Crippen LogP) is 3.80. The monoisotopic (exact) mass is 561 g/mol. The van der Waals surface area contributed by atoms with Crippen molar-refractivity contribution in [2.45, 2.75) is 33.2 Å². The maximum atomic E-state index is 5.47. The van der Waals surface area contributed by atoms with Crippen LogP contribution in [0.15, 0.2) is 23.2 Å². The molecule has 0 saturated carbocycles. The molecular formula is C22H36IN5O2S. The van der Waals surface area contributed by atoms with Crippen LogP contribution in [0.3, 0.4) is 0 Å². The number of benzene rings is 1. The van der Waals surface area contributed by atoms with Crippen LogP contribution in [0.2, 0.25) is 0 Å². The van der Waals surface area contributed by atoms with Crippen LogP contribution in [-0.4, -0.2) is 63.8 Å². The lowest BCUT2D eigenvalue weighted by molar-refractivity contribution is 0.303. The molecule has 1 heterocycles. The summed E-state index contributed by atoms with van der Waals surface area (Å²) in [5, 5.41) is 7.91. The van der Waals surface area contributed by atoms with Crippen LogP contribution in [0.5, 0.6) is 11.5 Å². The molecule has 1 aromatic carbocycles. The second-order valence-electron chi connectivity index (χ2n) is 7.24. The lowest BCUT2D eigenvalue weighted by Gasteiger charge is -2.24. The molecule has 0 aliphatic rings. The Morgan fingerprint density at radius 2 is 1.87 bits per heavy atom. The van der Waals surface area contributed by atoms with E-state index in [4.69, 9.17) is 14.5 Å². The Morgan fingerprint density at radius 3 is 2.42 bits per heavy atom. The van der Waals surface area contributed by atoms with E-state index < -0.39 is 0 Å². The molecule has 2 N–H and O–H groups in total. The number of likely N-dealkylation sites (N-methyl/N-ethyl adjacent to an activating group) is 1. The SMILES string of the molecule is CCNC(=NCC(c1ccc(OC)c(OC)c1)N(C)C)NCCc1nc(C)c(C)s1.I. The molecule has 0 fully saturated rings. The number of halogens is 1. The molecule has 0 bridgehead atoms. The molecule has 1 aromatic heterocycles. The van der Waals surface area contributed by atoms with E-state index in [9.17, 15) is 0 Å². The largest absolute Gasteiger partial charge is 0.493 e. The molecule has 0 spiro atoms. The van der Waals surface area contributed by atoms with Gasteiger partial charge in [-0.05, 0) is 52.6 Å². The van der Waals surface area contributed by atoms with Crippen LogP contribution in [0.4, 0.5) is 0 Å². The first-order chi connectivity index (χ1) is 14.4. The van der Waals surface area contributed by atoms with E-state index in [-0.39, 0.29) is 30.0 Å². The number of ether oxygens (including phenoxy) is 2. The highest BCUT2D eigenvalue weighted by atomic mass is 127. The fourth-order valence-corrected chi connectivity index (χ4v) is 4.01. The molecule has 31 heavy (non-hydrogen) atoms. The second kappa shape index (κ2) is 13.7. The first-order valence-corrected chi connectivity index (χ1v) is 11.0. The molecular weight excluding hydrogens is 525 g/mol. The molecule has 7 nitrogen and oxygen atoms in total. The van der Waals surface area contributed by atoms with Crippen molar-refractivity contribution in [1.82, 2.24) is 20.5 Å². The van der Waals surface area contributed by atoms with Crippen LogP contribution in [0, 0.1) is 13.8 Å². The van der Waals surface area contributed by atoms with Crippen molar-refractivity contribution >= 4 is 41.3 Å². The smallest absolute Gasteiger partial charge is 0.191 e. The third-order valence-corrected chi connectivity index (χ3v) is 6.02. The lowest BCUT2D eigenvalue weighted by atomic mass is 10.1. The van der Waals surface area contributed by atoms with Crippen LogP contribution in [-0.2, 0) is 6.42 Å². The number of aryl methyl sites for hydroxylation is 2. The van der Waals surface area contributed by atoms with Crippen LogP contribution in [0.25, 0.3) is 0 Å². The number of nitrogens with zero attached hydrogens (tertiary/aromatic N) is 3. The average Bonchev–Trinajstić information content (AvgIpc) is 3.04. The molecule has 2 aromatic rings. The van der Waals surface area contributed by atoms with Crippen molar-refractivity contribution in [3.05, 3.63) is 39.3 Å². The van der Waals surface area contributed by atoms with Gasteiger partial charge >= 0.3 is 0 Å². The zero-order valence-electron chi connectivity index (χ0n) is 19.6. The standard InChI is InChI=1S/C22H35N5O2S.HI/c1-8-23-22(24-12-11-21-26-15(2)16(3)30-21)25-14-18(27(4)5)17-9-10-19(28-6)20(13-17)29-7;/h9-10,13,18H,8,11-12,14H2,1-7H3,(H2,23,24,25);1H. The van der Waals surface area contributed by atoms with E-state index in [2.05, 4.69) is 61.5 Å². The van der Waals surface area contributed by atoms with E-state index in [0.29, 0.717) is 6.54 Å². The second-order valence-corrected chi connectivity index (χ2v) is 8.53. The predicted molar refractivity (Wildman–Crippen MR) is 141 cm³/mol. The fraction of sp³-hybridized carbons (Fsp3) is 0.545. The zero-order valence-corrected chi connectivity index (χ0v) is 22.8. The Morgan fingerprint density at radius 1 is 1.16 bits per heavy atom. The van der Waals surface area contributed by atoms with Gasteiger partial charge in [0.05, 0.1) is 37.5 Å². The van der Waals surface area contributed by atoms with Crippen molar-refractivity contribution in [2.24, 2.45) is 4.99 Å². The highest BCUT2D eigenvalue weighted by molar-refractivity contribution is 14.0. The van der Waals surface area contributed by atoms with Gasteiger partial charge in [0.15, 0.2) is 17.5 Å². The zero-order chi connectivity index (χ0) is 22.1. The third-order valence-electron chi connectivity index (χ3n) is 4.89. The average molecular weight is 562 g/mol. The quantitative estimate of drug-likeness (QED) is 0.262. The molecule has 0 radical (unpaired) electrons. The molecule has 1 atom stereocenters. The number of methoxy groups -OCH3 is 2. The first-order valence-electron chi connectivity index (χ1n) is 10.2. The van der Waals surface area contributed by atoms with E-state index in [1.54, 1.807) is 25.6 Å². The molecule has 174 valence electrons. The highest BCUT2D eigenvalue weighted by Gasteiger charge is 2.17. The van der Waals surface area contributed by atoms with Crippen LogP contribution in [0.1, 0.15) is 34.1 Å². The van der Waals surface area contributed by atoms with Gasteiger partial charge in [-0.1, -0.05) is 6.07 Å². The van der Waals surface area contributed by atoms with Gasteiger partial charge < -0.3 is 25.0 Å². The molecule has 2 rings (SSSR count). The lowest BCUT2D eigenvalue weighted by Crippen LogP contribution is -2.39. The van der Waals surface area contributed by atoms with Gasteiger partial charge in [0.1, 0.15) is 0 Å². The number of rotatable bonds is 10. The van der Waals surface area contributed by atoms with E-state index in [0.717, 1.165) is 53.2 Å². The summed E-state index contributed by atoms with van der Waals surface area (Å²) in [6.45, 7) is 8.47. The van der Waals surface area contributed by atoms with Crippen molar-refractivity contribution in [3.8, 4) is 11.5 Å². The molecule has 0 aliphatic carbocycles. The summed E-state index contributed by atoms with van der Waals surface area (Å²) < 4.78 is 10.8. The Balaban J connectivity index is 0.00000480. The van der Waals surface area contributed by atoms with Gasteiger partial charge in [-0.2, -0.15) is 0 Å². The summed E-state index contributed by atoms with van der Waals surface area (Å²) >= 11 is 1.77. The number of aliphatic imine (C=N–C) groups is 1. The summed E-state index contributed by atoms with van der Waals surface area (Å²) in [5.41, 5.74) is 2.25. The summed E-state index contributed by atoms with van der Waals surface area (Å²) in [5.74, 6) is 2.27. The van der Waals surface area contributed by atoms with E-state index in [1.165, 1.54) is 4.88 Å². The van der Waals surface area contributed by atoms with Crippen LogP contribution < -0.4 is 20.1 Å². The number of guanidine groups is 1. The highest BCUT2D eigenvalue weighted by Crippen LogP contribution is 2.31. The maximum Gasteiger partial charge on any atom is 0.191 e. The summed E-state index contributed by atoms with van der Waals surface area (Å²) in [7, 11) is 7.42. The first kappa shape index (κ1) is 27.4. The maximum absolute atomic E-state index is 5.47. The Bertz CT molecular complexity index is 822. The van der Waals surface area contributed by atoms with Crippen molar-refractivity contribution in [3.63, 3.8) is 0 Å². The molecule has 1 unspecified atom stereocenters. The van der Waals surface area contributed by atoms with Gasteiger partial charge in [-0.3, -0.25) is 4.99 Å². The Labute approximate surface area is 207 Å². The molecule has 0 amide bonds. The van der Waals surface area contributed by atoms with Gasteiger partial charge in [0.2, 0.25) is 0 Å². The molecule has 0 saturated heterocycles. The van der Waals surface area contributed by atoms with Gasteiger partial charge in [0, 0.05) is 24.4 Å². The Hall–Kier alpha value is -1.59. The van der Waals surface area contributed by atoms with E-state index in [1.807, 2.05) is 12.1 Å². The number of aromatic nitrogens is 1. The topological polar surface area (TPSA) is 71.0 Å². The van der Waals surface area contributed by atoms with Gasteiger partial charge in [-0.15, -0.1) is 35.3 Å². The van der Waals surface area contributed by atoms with Gasteiger partial charge in [0.25, 0.3) is 0 Å². The van der Waals surface area contributed by atoms with Crippen molar-refractivity contribution in [1.29, 1.82) is 0 Å². The fourth-order valence-electron chi connectivity index (χ4n) is 3.08. The normalized spacial score (nSPS) is 12.3. The molecule has 0 aliphatic heterocycles. The summed E-state index contributed by atoms with van der Waals surface area (Å²) in [6.07, 6.45) is 0.885. The van der Waals surface area contributed by atoms with Crippen LogP contribution >= 0.6 is 35.3 Å².